The first-order valence-electron chi connectivity index (χ1n) is 5.69. The fourth-order valence-electron chi connectivity index (χ4n) is 2.41. The van der Waals surface area contributed by atoms with Crippen molar-refractivity contribution in [3.8, 4) is 0 Å². The van der Waals surface area contributed by atoms with Gasteiger partial charge in [-0.3, -0.25) is 0 Å². The Bertz CT molecular complexity index is 327. The second kappa shape index (κ2) is 3.71. The van der Waals surface area contributed by atoms with E-state index < -0.39 is 15.6 Å². The monoisotopic (exact) mass is 233 g/mol. The van der Waals surface area contributed by atoms with Crippen molar-refractivity contribution in [3.05, 3.63) is 0 Å². The van der Waals surface area contributed by atoms with E-state index in [2.05, 4.69) is 0 Å². The summed E-state index contributed by atoms with van der Waals surface area (Å²) in [6, 6.07) is 0. The molecule has 0 unspecified atom stereocenters. The van der Waals surface area contributed by atoms with E-state index in [9.17, 15) is 13.5 Å². The van der Waals surface area contributed by atoms with Crippen LogP contribution in [0.15, 0.2) is 0 Å². The van der Waals surface area contributed by atoms with Gasteiger partial charge in [-0.25, -0.2) is 8.42 Å². The third kappa shape index (κ3) is 1.92. The molecule has 1 aliphatic heterocycles. The first kappa shape index (κ1) is 11.4. The van der Waals surface area contributed by atoms with E-state index in [0.29, 0.717) is 19.5 Å². The quantitative estimate of drug-likeness (QED) is 0.781. The molecular weight excluding hydrogens is 214 g/mol. The maximum Gasteiger partial charge on any atom is 0.217 e. The highest BCUT2D eigenvalue weighted by molar-refractivity contribution is 7.89. The van der Waals surface area contributed by atoms with Crippen LogP contribution in [-0.4, -0.2) is 41.8 Å². The van der Waals surface area contributed by atoms with E-state index in [4.69, 9.17) is 0 Å². The van der Waals surface area contributed by atoms with Crippen LogP contribution in [0.5, 0.6) is 0 Å². The molecule has 2 fully saturated rings. The van der Waals surface area contributed by atoms with Crippen molar-refractivity contribution < 1.29 is 13.5 Å². The summed E-state index contributed by atoms with van der Waals surface area (Å²) in [5, 5.41) is 9.61. The van der Waals surface area contributed by atoms with Gasteiger partial charge in [0.15, 0.2) is 0 Å². The molecule has 88 valence electrons. The van der Waals surface area contributed by atoms with Gasteiger partial charge in [0.05, 0.1) is 10.9 Å². The molecule has 5 heteroatoms. The van der Waals surface area contributed by atoms with Gasteiger partial charge in [-0.05, 0) is 19.3 Å². The maximum absolute atomic E-state index is 12.0. The maximum atomic E-state index is 12.0. The molecule has 0 bridgehead atoms. The largest absolute Gasteiger partial charge is 0.387 e. The van der Waals surface area contributed by atoms with Crippen LogP contribution in [0.3, 0.4) is 0 Å². The molecule has 0 aromatic carbocycles. The zero-order valence-electron chi connectivity index (χ0n) is 9.15. The lowest BCUT2D eigenvalue weighted by Crippen LogP contribution is -2.64. The van der Waals surface area contributed by atoms with Gasteiger partial charge in [0, 0.05) is 13.1 Å². The molecule has 1 saturated carbocycles. The van der Waals surface area contributed by atoms with Gasteiger partial charge in [-0.1, -0.05) is 19.8 Å². The van der Waals surface area contributed by atoms with Crippen molar-refractivity contribution in [1.82, 2.24) is 4.31 Å². The molecule has 1 aliphatic carbocycles. The van der Waals surface area contributed by atoms with E-state index in [0.717, 1.165) is 25.7 Å². The minimum Gasteiger partial charge on any atom is -0.387 e. The molecule has 2 aliphatic rings. The molecular formula is C10H19NO3S. The molecule has 4 nitrogen and oxygen atoms in total. The van der Waals surface area contributed by atoms with Gasteiger partial charge < -0.3 is 5.11 Å². The van der Waals surface area contributed by atoms with Gasteiger partial charge in [-0.15, -0.1) is 0 Å². The second-order valence-corrected chi connectivity index (χ2v) is 7.01. The standard InChI is InChI=1S/C10H19NO3S/c1-2-10(12)7-11(8-10)15(13,14)9-5-3-4-6-9/h9,12H,2-8H2,1H3. The lowest BCUT2D eigenvalue weighted by atomic mass is 9.94. The van der Waals surface area contributed by atoms with Crippen molar-refractivity contribution in [2.45, 2.75) is 49.9 Å². The lowest BCUT2D eigenvalue weighted by Gasteiger charge is -2.45. The third-order valence-corrected chi connectivity index (χ3v) is 5.97. The summed E-state index contributed by atoms with van der Waals surface area (Å²) in [5.74, 6) is 0. The van der Waals surface area contributed by atoms with Crippen molar-refractivity contribution in [2.24, 2.45) is 0 Å². The average Bonchev–Trinajstić information content (AvgIpc) is 2.65. The molecule has 0 aromatic heterocycles. The highest BCUT2D eigenvalue weighted by atomic mass is 32.2. The summed E-state index contributed by atoms with van der Waals surface area (Å²) >= 11 is 0. The Morgan fingerprint density at radius 3 is 2.33 bits per heavy atom. The van der Waals surface area contributed by atoms with Crippen molar-refractivity contribution in [2.75, 3.05) is 13.1 Å². The minimum atomic E-state index is -3.11. The summed E-state index contributed by atoms with van der Waals surface area (Å²) in [4.78, 5) is 0. The minimum absolute atomic E-state index is 0.182. The first-order chi connectivity index (χ1) is 6.98. The van der Waals surface area contributed by atoms with Gasteiger partial charge in [-0.2, -0.15) is 4.31 Å². The predicted octanol–water partition coefficient (Wildman–Crippen LogP) is 0.716. The zero-order chi connectivity index (χ0) is 11.1. The first-order valence-corrected chi connectivity index (χ1v) is 7.20. The Hall–Kier alpha value is -0.130. The Morgan fingerprint density at radius 2 is 1.87 bits per heavy atom. The van der Waals surface area contributed by atoms with Gasteiger partial charge in [0.25, 0.3) is 0 Å². The van der Waals surface area contributed by atoms with Crippen LogP contribution >= 0.6 is 0 Å². The number of hydrogen-bond acceptors (Lipinski definition) is 3. The molecule has 2 rings (SSSR count). The topological polar surface area (TPSA) is 57.6 Å². The summed E-state index contributed by atoms with van der Waals surface area (Å²) in [7, 11) is -3.11. The third-order valence-electron chi connectivity index (χ3n) is 3.68. The smallest absolute Gasteiger partial charge is 0.217 e. The summed E-state index contributed by atoms with van der Waals surface area (Å²) in [6.45, 7) is 2.48. The molecule has 1 saturated heterocycles. The number of aliphatic hydroxyl groups is 1. The highest BCUT2D eigenvalue weighted by Crippen LogP contribution is 2.33. The van der Waals surface area contributed by atoms with Crippen LogP contribution in [0.25, 0.3) is 0 Å². The van der Waals surface area contributed by atoms with Gasteiger partial charge in [0.2, 0.25) is 10.0 Å². The number of rotatable bonds is 3. The van der Waals surface area contributed by atoms with Gasteiger partial charge >= 0.3 is 0 Å². The normalized spacial score (nSPS) is 27.9. The van der Waals surface area contributed by atoms with E-state index >= 15 is 0 Å². The van der Waals surface area contributed by atoms with Crippen molar-refractivity contribution in [1.29, 1.82) is 0 Å². The van der Waals surface area contributed by atoms with Crippen LogP contribution in [0.2, 0.25) is 0 Å². The molecule has 1 N–H and O–H groups in total. The zero-order valence-corrected chi connectivity index (χ0v) is 9.96. The number of nitrogens with zero attached hydrogens (tertiary/aromatic N) is 1. The molecule has 0 atom stereocenters. The number of hydrogen-bond donors (Lipinski definition) is 1. The molecule has 0 spiro atoms. The lowest BCUT2D eigenvalue weighted by molar-refractivity contribution is -0.0616. The molecule has 0 aromatic rings. The van der Waals surface area contributed by atoms with Crippen LogP contribution in [0.1, 0.15) is 39.0 Å². The van der Waals surface area contributed by atoms with E-state index in [1.165, 1.54) is 4.31 Å². The van der Waals surface area contributed by atoms with Crippen LogP contribution in [-0.2, 0) is 10.0 Å². The summed E-state index contributed by atoms with van der Waals surface area (Å²) < 4.78 is 25.5. The second-order valence-electron chi connectivity index (χ2n) is 4.80. The summed E-state index contributed by atoms with van der Waals surface area (Å²) in [5.41, 5.74) is -0.758. The summed E-state index contributed by atoms with van der Waals surface area (Å²) in [6.07, 6.45) is 4.27. The van der Waals surface area contributed by atoms with Crippen molar-refractivity contribution in [3.63, 3.8) is 0 Å². The molecule has 0 radical (unpaired) electrons. The Kier molecular flexibility index (Phi) is 2.81. The SMILES string of the molecule is CCC1(O)CN(S(=O)(=O)C2CCCC2)C1. The van der Waals surface area contributed by atoms with E-state index in [1.54, 1.807) is 0 Å². The van der Waals surface area contributed by atoms with Crippen molar-refractivity contribution >= 4 is 10.0 Å². The molecule has 1 heterocycles. The Labute approximate surface area is 91.3 Å². The molecule has 0 amide bonds. The predicted molar refractivity (Wildman–Crippen MR) is 58.0 cm³/mol. The Balaban J connectivity index is 2.00. The molecule has 15 heavy (non-hydrogen) atoms. The van der Waals surface area contributed by atoms with Crippen LogP contribution < -0.4 is 0 Å². The van der Waals surface area contributed by atoms with E-state index in [-0.39, 0.29) is 5.25 Å². The van der Waals surface area contributed by atoms with Gasteiger partial charge in [0.1, 0.15) is 0 Å². The Morgan fingerprint density at radius 1 is 1.33 bits per heavy atom. The van der Waals surface area contributed by atoms with E-state index in [1.807, 2.05) is 6.92 Å². The highest BCUT2D eigenvalue weighted by Gasteiger charge is 2.48. The fraction of sp³-hybridized carbons (Fsp3) is 1.00. The van der Waals surface area contributed by atoms with Crippen LogP contribution in [0.4, 0.5) is 0 Å². The fourth-order valence-corrected chi connectivity index (χ4v) is 4.60. The average molecular weight is 233 g/mol. The number of β-amino-alcohol motifs (C(OH)–C–C–N with tert-alkyl or cyclic N) is 1. The number of sulfonamides is 1. The van der Waals surface area contributed by atoms with Crippen LogP contribution in [0, 0.1) is 0 Å².